The Labute approximate surface area is 150 Å². The van der Waals surface area contributed by atoms with Gasteiger partial charge in [-0.05, 0) is 88.0 Å². The van der Waals surface area contributed by atoms with E-state index in [2.05, 4.69) is 0 Å². The summed E-state index contributed by atoms with van der Waals surface area (Å²) in [5, 5.41) is 1.96. The average Bonchev–Trinajstić information content (AvgIpc) is 3.23. The molecule has 0 aromatic rings. The van der Waals surface area contributed by atoms with Gasteiger partial charge in [-0.25, -0.2) is 4.79 Å². The molecule has 0 bridgehead atoms. The minimum Gasteiger partial charge on any atom is -0.462 e. The quantitative estimate of drug-likeness (QED) is 0.234. The Morgan fingerprint density at radius 1 is 1.04 bits per heavy atom. The molecular weight excluding hydrogens is 320 g/mol. The Kier molecular flexibility index (Phi) is 7.60. The zero-order valence-corrected chi connectivity index (χ0v) is 14.9. The van der Waals surface area contributed by atoms with Gasteiger partial charge in [-0.3, -0.25) is 4.79 Å². The van der Waals surface area contributed by atoms with Gasteiger partial charge in [0.25, 0.3) is 0 Å². The van der Waals surface area contributed by atoms with Crippen molar-refractivity contribution in [3.05, 3.63) is 85.3 Å². The lowest BCUT2D eigenvalue weighted by Crippen LogP contribution is -2.21. The first-order chi connectivity index (χ1) is 11.6. The molecule has 0 aromatic carbocycles. The fraction of sp³-hybridized carbons (Fsp3) is 0.200. The topological polar surface area (TPSA) is 43.4 Å². The third-order valence-corrected chi connectivity index (χ3v) is 3.98. The first kappa shape index (κ1) is 19.3. The fourth-order valence-corrected chi connectivity index (χ4v) is 3.03. The molecule has 124 valence electrons. The molecule has 4 heteroatoms. The second kappa shape index (κ2) is 9.45. The van der Waals surface area contributed by atoms with Gasteiger partial charge in [0.15, 0.2) is 5.78 Å². The minimum atomic E-state index is -0.584. The van der Waals surface area contributed by atoms with Crippen LogP contribution in [-0.2, 0) is 14.3 Å². The number of allylic oxidation sites excluding steroid dienone is 2. The third-order valence-electron chi connectivity index (χ3n) is 3.51. The maximum Gasteiger partial charge on any atom is 0.342 e. The summed E-state index contributed by atoms with van der Waals surface area (Å²) >= 11 is 1.53. The second-order valence-electron chi connectivity index (χ2n) is 5.14. The summed E-state index contributed by atoms with van der Waals surface area (Å²) in [5.74, 6) is 0.904. The van der Waals surface area contributed by atoms with Gasteiger partial charge < -0.3 is 4.74 Å². The molecule has 0 saturated heterocycles. The summed E-state index contributed by atoms with van der Waals surface area (Å²) in [5.41, 5.74) is 1.55. The van der Waals surface area contributed by atoms with Crippen molar-refractivity contribution in [2.75, 3.05) is 12.9 Å². The van der Waals surface area contributed by atoms with Crippen LogP contribution in [0.2, 0.25) is 0 Å². The van der Waals surface area contributed by atoms with Crippen LogP contribution in [0.4, 0.5) is 0 Å². The smallest absolute Gasteiger partial charge is 0.342 e. The molecule has 0 heterocycles. The highest BCUT2D eigenvalue weighted by Gasteiger charge is 2.35. The van der Waals surface area contributed by atoms with Crippen LogP contribution in [0.25, 0.3) is 0 Å². The number of hydrogen-bond acceptors (Lipinski definition) is 4. The summed E-state index contributed by atoms with van der Waals surface area (Å²) in [6.45, 7) is 3.35. The van der Waals surface area contributed by atoms with E-state index in [1.54, 1.807) is 6.92 Å². The first-order valence-corrected chi connectivity index (χ1v) is 8.98. The highest BCUT2D eigenvalue weighted by Crippen LogP contribution is 2.44. The van der Waals surface area contributed by atoms with Gasteiger partial charge in [0.2, 0.25) is 0 Å². The number of carbonyl (C=O) groups is 2. The van der Waals surface area contributed by atoms with Crippen LogP contribution < -0.4 is 0 Å². The molecule has 0 amide bonds. The van der Waals surface area contributed by atoms with Gasteiger partial charge in [-0.1, -0.05) is 0 Å². The number of ketones is 1. The Hall–Kier alpha value is -1.03. The molecule has 2 fully saturated rings. The van der Waals surface area contributed by atoms with E-state index in [9.17, 15) is 9.59 Å². The molecule has 0 aromatic heterocycles. The van der Waals surface area contributed by atoms with Gasteiger partial charge in [-0.15, -0.1) is 11.8 Å². The molecular formula is C20H20O3S. The number of esters is 1. The molecule has 3 nitrogen and oxygen atoms in total. The van der Waals surface area contributed by atoms with Gasteiger partial charge in [0, 0.05) is 11.8 Å². The number of Topliss-reactive ketones (excluding diaryl/α,β-unsaturated/α-hetero) is 1. The van der Waals surface area contributed by atoms with Crippen molar-refractivity contribution < 1.29 is 14.3 Å². The zero-order valence-electron chi connectivity index (χ0n) is 14.0. The summed E-state index contributed by atoms with van der Waals surface area (Å²) < 4.78 is 5.14. The highest BCUT2D eigenvalue weighted by molar-refractivity contribution is 8.01. The van der Waals surface area contributed by atoms with E-state index in [1.807, 2.05) is 63.0 Å². The van der Waals surface area contributed by atoms with E-state index in [0.29, 0.717) is 5.57 Å². The van der Waals surface area contributed by atoms with Gasteiger partial charge in [0.05, 0.1) is 6.61 Å². The summed E-state index contributed by atoms with van der Waals surface area (Å²) in [7, 11) is 0. The lowest BCUT2D eigenvalue weighted by molar-refractivity contribution is -0.139. The van der Waals surface area contributed by atoms with Crippen LogP contribution in [0.3, 0.4) is 0 Å². The number of rotatable bonds is 7. The van der Waals surface area contributed by atoms with Gasteiger partial charge in [0.1, 0.15) is 5.57 Å². The Balaban J connectivity index is 2.55. The van der Waals surface area contributed by atoms with Crippen LogP contribution in [-0.4, -0.2) is 24.6 Å². The molecule has 0 atom stereocenters. The highest BCUT2D eigenvalue weighted by atomic mass is 32.2. The van der Waals surface area contributed by atoms with Crippen molar-refractivity contribution in [2.24, 2.45) is 0 Å². The SMILES string of the molecule is CCOC(=O)/C(C(C)=O)=C([C]1[CH][CH][CH][CH]1)\C(=C\SC)[C]1[CH][CH][CH][CH]1. The molecule has 2 saturated carbocycles. The van der Waals surface area contributed by atoms with E-state index >= 15 is 0 Å². The molecule has 0 aliphatic heterocycles. The predicted octanol–water partition coefficient (Wildman–Crippen LogP) is 3.49. The summed E-state index contributed by atoms with van der Waals surface area (Å²) in [6, 6.07) is 0. The molecule has 0 unspecified atom stereocenters. The molecule has 2 aliphatic rings. The minimum absolute atomic E-state index is 0.0875. The maximum atomic E-state index is 12.5. The second-order valence-corrected chi connectivity index (χ2v) is 5.85. The molecule has 24 heavy (non-hydrogen) atoms. The van der Waals surface area contributed by atoms with Crippen molar-refractivity contribution in [3.8, 4) is 0 Å². The predicted molar refractivity (Wildman–Crippen MR) is 96.8 cm³/mol. The Morgan fingerprint density at radius 3 is 2.04 bits per heavy atom. The molecule has 2 rings (SSSR count). The molecule has 10 radical (unpaired) electrons. The lowest BCUT2D eigenvalue weighted by atomic mass is 9.80. The standard InChI is InChI=1S/C20H20O3S/c1-4-23-20(22)18(14(2)21)19(16-11-7-8-12-16)17(13-24-3)15-9-5-6-10-15/h5-13H,4H2,1-3H3/b17-13+,19-18-. The van der Waals surface area contributed by atoms with Crippen LogP contribution in [0.5, 0.6) is 0 Å². The number of thioether (sulfide) groups is 1. The first-order valence-electron chi connectivity index (χ1n) is 7.70. The van der Waals surface area contributed by atoms with E-state index in [1.165, 1.54) is 18.7 Å². The average molecular weight is 340 g/mol. The fourth-order valence-electron chi connectivity index (χ4n) is 2.54. The van der Waals surface area contributed by atoms with Gasteiger partial charge in [-0.2, -0.15) is 0 Å². The van der Waals surface area contributed by atoms with E-state index in [-0.39, 0.29) is 18.0 Å². The zero-order chi connectivity index (χ0) is 17.5. The van der Waals surface area contributed by atoms with Crippen molar-refractivity contribution in [3.63, 3.8) is 0 Å². The van der Waals surface area contributed by atoms with E-state index < -0.39 is 5.97 Å². The third kappa shape index (κ3) is 4.53. The van der Waals surface area contributed by atoms with Crippen molar-refractivity contribution >= 4 is 23.5 Å². The van der Waals surface area contributed by atoms with Crippen molar-refractivity contribution in [2.45, 2.75) is 13.8 Å². The molecule has 0 spiro atoms. The van der Waals surface area contributed by atoms with Crippen molar-refractivity contribution in [1.29, 1.82) is 0 Å². The summed E-state index contributed by atoms with van der Waals surface area (Å²) in [6.07, 6.45) is 17.3. The molecule has 0 N–H and O–H groups in total. The van der Waals surface area contributed by atoms with Crippen molar-refractivity contribution in [1.82, 2.24) is 0 Å². The number of carbonyl (C=O) groups excluding carboxylic acids is 2. The Morgan fingerprint density at radius 2 is 1.58 bits per heavy atom. The number of hydrogen-bond donors (Lipinski definition) is 0. The monoisotopic (exact) mass is 340 g/mol. The molecule has 2 aliphatic carbocycles. The van der Waals surface area contributed by atoms with Crippen LogP contribution in [0.1, 0.15) is 13.8 Å². The van der Waals surface area contributed by atoms with Crippen LogP contribution in [0, 0.1) is 63.2 Å². The summed E-state index contributed by atoms with van der Waals surface area (Å²) in [4.78, 5) is 24.7. The lowest BCUT2D eigenvalue weighted by Gasteiger charge is -2.24. The van der Waals surface area contributed by atoms with Crippen LogP contribution in [0.15, 0.2) is 22.1 Å². The van der Waals surface area contributed by atoms with Gasteiger partial charge >= 0.3 is 5.97 Å². The maximum absolute atomic E-state index is 12.5. The Bertz CT molecular complexity index is 521. The largest absolute Gasteiger partial charge is 0.462 e. The van der Waals surface area contributed by atoms with Crippen LogP contribution >= 0.6 is 11.8 Å². The van der Waals surface area contributed by atoms with E-state index in [0.717, 1.165) is 17.4 Å². The van der Waals surface area contributed by atoms with E-state index in [4.69, 9.17) is 4.74 Å². The number of ether oxygens (including phenoxy) is 1. The normalized spacial score (nSPS) is 21.0.